The van der Waals surface area contributed by atoms with Crippen LogP contribution in [0.4, 0.5) is 5.69 Å². The molecule has 3 aromatic carbocycles. The van der Waals surface area contributed by atoms with E-state index in [-0.39, 0.29) is 0 Å². The van der Waals surface area contributed by atoms with Crippen molar-refractivity contribution >= 4 is 21.6 Å². The molecule has 0 radical (unpaired) electrons. The number of benzene rings is 3. The molecule has 0 atom stereocenters. The zero-order valence-corrected chi connectivity index (χ0v) is 17.0. The summed E-state index contributed by atoms with van der Waals surface area (Å²) in [5.41, 5.74) is 7.45. The largest absolute Gasteiger partial charge is 0.489 e. The van der Waals surface area contributed by atoms with E-state index in [0.717, 1.165) is 34.3 Å². The predicted molar refractivity (Wildman–Crippen MR) is 114 cm³/mol. The van der Waals surface area contributed by atoms with E-state index in [0.29, 0.717) is 13.3 Å². The van der Waals surface area contributed by atoms with Gasteiger partial charge in [-0.25, -0.2) is 5.01 Å². The maximum Gasteiger partial charge on any atom is 0.129 e. The van der Waals surface area contributed by atoms with E-state index in [2.05, 4.69) is 68.2 Å². The Morgan fingerprint density at radius 3 is 2.57 bits per heavy atom. The second-order valence-electron chi connectivity index (χ2n) is 6.56. The van der Waals surface area contributed by atoms with Crippen molar-refractivity contribution in [2.75, 3.05) is 11.7 Å². The maximum atomic E-state index is 6.23. The number of aryl methyl sites for hydroxylation is 2. The number of para-hydroxylation sites is 1. The number of nitrogens with zero attached hydrogens (tertiary/aromatic N) is 3. The van der Waals surface area contributed by atoms with Gasteiger partial charge in [-0.3, -0.25) is 5.43 Å². The van der Waals surface area contributed by atoms with Gasteiger partial charge in [0.05, 0.1) is 5.69 Å². The molecule has 28 heavy (non-hydrogen) atoms. The fraction of sp³-hybridized carbons (Fsp3) is 0.182. The van der Waals surface area contributed by atoms with Crippen molar-refractivity contribution in [2.45, 2.75) is 19.4 Å². The summed E-state index contributed by atoms with van der Waals surface area (Å²) in [6.07, 6.45) is 1.90. The molecule has 3 aromatic rings. The molecular weight excluding hydrogens is 416 g/mol. The lowest BCUT2D eigenvalue weighted by molar-refractivity contribution is 0.303. The van der Waals surface area contributed by atoms with Crippen molar-refractivity contribution in [3.05, 3.63) is 94.0 Å². The van der Waals surface area contributed by atoms with Gasteiger partial charge in [-0.1, -0.05) is 69.7 Å². The van der Waals surface area contributed by atoms with Crippen LogP contribution in [0.1, 0.15) is 16.7 Å². The van der Waals surface area contributed by atoms with Gasteiger partial charge in [0, 0.05) is 10.0 Å². The Morgan fingerprint density at radius 2 is 1.75 bits per heavy atom. The first-order valence-electron chi connectivity index (χ1n) is 9.24. The summed E-state index contributed by atoms with van der Waals surface area (Å²) in [4.78, 5) is 0. The normalized spacial score (nSPS) is 12.8. The van der Waals surface area contributed by atoms with Crippen molar-refractivity contribution in [1.82, 2.24) is 5.43 Å². The summed E-state index contributed by atoms with van der Waals surface area (Å²) in [6, 6.07) is 24.8. The van der Waals surface area contributed by atoms with Gasteiger partial charge in [-0.15, -0.1) is 0 Å². The van der Waals surface area contributed by atoms with E-state index in [4.69, 9.17) is 4.74 Å². The highest BCUT2D eigenvalue weighted by atomic mass is 79.9. The fourth-order valence-corrected chi connectivity index (χ4v) is 3.61. The molecule has 142 valence electrons. The maximum absolute atomic E-state index is 6.23. The van der Waals surface area contributed by atoms with Crippen LogP contribution in [-0.2, 0) is 19.4 Å². The van der Waals surface area contributed by atoms with Crippen LogP contribution < -0.4 is 15.2 Å². The van der Waals surface area contributed by atoms with E-state index in [1.165, 1.54) is 11.1 Å². The first-order valence-corrected chi connectivity index (χ1v) is 10.0. The molecule has 0 amide bonds. The Balaban J connectivity index is 1.49. The average molecular weight is 437 g/mol. The van der Waals surface area contributed by atoms with E-state index in [1.54, 1.807) is 0 Å². The molecule has 5 nitrogen and oxygen atoms in total. The fourth-order valence-electron chi connectivity index (χ4n) is 3.20. The van der Waals surface area contributed by atoms with Gasteiger partial charge in [0.15, 0.2) is 0 Å². The Hall–Kier alpha value is -2.86. The summed E-state index contributed by atoms with van der Waals surface area (Å²) < 4.78 is 7.29. The highest BCUT2D eigenvalue weighted by Gasteiger charge is 2.14. The van der Waals surface area contributed by atoms with Crippen molar-refractivity contribution in [3.8, 4) is 5.75 Å². The van der Waals surface area contributed by atoms with Crippen molar-refractivity contribution in [1.29, 1.82) is 0 Å². The molecule has 0 aromatic heterocycles. The molecule has 1 aliphatic heterocycles. The van der Waals surface area contributed by atoms with E-state index < -0.39 is 0 Å². The van der Waals surface area contributed by atoms with Crippen molar-refractivity contribution in [3.63, 3.8) is 0 Å². The Bertz CT molecular complexity index is 962. The SMILES string of the molecule is Brc1ccc(OCc2ccccc2N2CNN=N2)c(CCc2ccccc2)c1. The lowest BCUT2D eigenvalue weighted by Gasteiger charge is -2.17. The highest BCUT2D eigenvalue weighted by Crippen LogP contribution is 2.28. The lowest BCUT2D eigenvalue weighted by atomic mass is 10.0. The summed E-state index contributed by atoms with van der Waals surface area (Å²) in [5.74, 6) is 0.912. The summed E-state index contributed by atoms with van der Waals surface area (Å²) in [6.45, 7) is 1.04. The number of hydrogen-bond donors (Lipinski definition) is 1. The van der Waals surface area contributed by atoms with E-state index >= 15 is 0 Å². The van der Waals surface area contributed by atoms with E-state index in [1.807, 2.05) is 41.4 Å². The lowest BCUT2D eigenvalue weighted by Crippen LogP contribution is -2.20. The van der Waals surface area contributed by atoms with E-state index in [9.17, 15) is 0 Å². The molecule has 0 bridgehead atoms. The highest BCUT2D eigenvalue weighted by molar-refractivity contribution is 9.10. The van der Waals surface area contributed by atoms with Crippen LogP contribution >= 0.6 is 15.9 Å². The Morgan fingerprint density at radius 1 is 0.929 bits per heavy atom. The zero-order chi connectivity index (χ0) is 19.2. The number of rotatable bonds is 7. The summed E-state index contributed by atoms with van der Waals surface area (Å²) in [7, 11) is 0. The van der Waals surface area contributed by atoms with Crippen LogP contribution in [0.15, 0.2) is 87.7 Å². The number of ether oxygens (including phenoxy) is 1. The molecule has 0 saturated heterocycles. The molecule has 1 N–H and O–H groups in total. The molecule has 4 rings (SSSR count). The van der Waals surface area contributed by atoms with Crippen LogP contribution in [-0.4, -0.2) is 6.67 Å². The minimum absolute atomic E-state index is 0.474. The van der Waals surface area contributed by atoms with Gasteiger partial charge in [0.25, 0.3) is 0 Å². The zero-order valence-electron chi connectivity index (χ0n) is 15.4. The van der Waals surface area contributed by atoms with Crippen molar-refractivity contribution < 1.29 is 4.74 Å². The molecular formula is C22H21BrN4O. The van der Waals surface area contributed by atoms with Crippen LogP contribution in [0, 0.1) is 0 Å². The second kappa shape index (κ2) is 8.89. The molecule has 0 fully saturated rings. The quantitative estimate of drug-likeness (QED) is 0.534. The third kappa shape index (κ3) is 4.51. The molecule has 0 unspecified atom stereocenters. The average Bonchev–Trinajstić information content (AvgIpc) is 3.27. The van der Waals surface area contributed by atoms with Gasteiger partial charge in [0.1, 0.15) is 19.0 Å². The molecule has 0 saturated carbocycles. The van der Waals surface area contributed by atoms with Gasteiger partial charge in [-0.05, 0) is 53.5 Å². The third-order valence-corrected chi connectivity index (χ3v) is 5.14. The number of hydrogen-bond acceptors (Lipinski definition) is 5. The first kappa shape index (κ1) is 18.5. The summed E-state index contributed by atoms with van der Waals surface area (Å²) >= 11 is 3.58. The summed E-state index contributed by atoms with van der Waals surface area (Å²) in [5, 5.41) is 9.76. The Labute approximate surface area is 173 Å². The number of anilines is 1. The first-order chi connectivity index (χ1) is 13.8. The van der Waals surface area contributed by atoms with Crippen LogP contribution in [0.3, 0.4) is 0 Å². The second-order valence-corrected chi connectivity index (χ2v) is 7.48. The van der Waals surface area contributed by atoms with Gasteiger partial charge < -0.3 is 4.74 Å². The Kier molecular flexibility index (Phi) is 5.87. The minimum Gasteiger partial charge on any atom is -0.489 e. The number of halogens is 1. The van der Waals surface area contributed by atoms with Gasteiger partial charge in [-0.2, -0.15) is 0 Å². The van der Waals surface area contributed by atoms with Gasteiger partial charge in [0.2, 0.25) is 0 Å². The van der Waals surface area contributed by atoms with Gasteiger partial charge >= 0.3 is 0 Å². The number of nitrogens with one attached hydrogen (secondary N) is 1. The van der Waals surface area contributed by atoms with Crippen LogP contribution in [0.5, 0.6) is 5.75 Å². The third-order valence-electron chi connectivity index (χ3n) is 4.65. The van der Waals surface area contributed by atoms with Crippen molar-refractivity contribution in [2.24, 2.45) is 10.4 Å². The van der Waals surface area contributed by atoms with Crippen LogP contribution in [0.25, 0.3) is 0 Å². The van der Waals surface area contributed by atoms with Crippen LogP contribution in [0.2, 0.25) is 0 Å². The predicted octanol–water partition coefficient (Wildman–Crippen LogP) is 5.46. The molecule has 1 aliphatic rings. The molecule has 6 heteroatoms. The molecule has 0 aliphatic carbocycles. The topological polar surface area (TPSA) is 49.2 Å². The smallest absolute Gasteiger partial charge is 0.129 e. The minimum atomic E-state index is 0.474. The monoisotopic (exact) mass is 436 g/mol. The molecule has 0 spiro atoms. The molecule has 1 heterocycles. The standard InChI is InChI=1S/C22H21BrN4O/c23-20-12-13-22(18(14-20)11-10-17-6-2-1-3-7-17)28-15-19-8-4-5-9-21(19)27-16-24-25-26-27/h1-9,12-14H,10-11,15-16H2,(H,24,26).